The van der Waals surface area contributed by atoms with Crippen LogP contribution in [0.3, 0.4) is 0 Å². The average Bonchev–Trinajstić information content (AvgIpc) is 2.46. The highest BCUT2D eigenvalue weighted by molar-refractivity contribution is 6.34. The highest BCUT2D eigenvalue weighted by Gasteiger charge is 2.18. The molecule has 2 aromatic rings. The predicted octanol–water partition coefficient (Wildman–Crippen LogP) is 3.35. The molecule has 0 fully saturated rings. The number of benzene rings is 1. The molecule has 0 saturated heterocycles. The summed E-state index contributed by atoms with van der Waals surface area (Å²) < 4.78 is 15.1. The summed E-state index contributed by atoms with van der Waals surface area (Å²) in [7, 11) is 1.26. The van der Waals surface area contributed by atoms with E-state index in [1.807, 2.05) is 0 Å². The molecule has 5 nitrogen and oxygen atoms in total. The van der Waals surface area contributed by atoms with Crippen LogP contribution in [0.4, 0.5) is 0 Å². The number of fused-ring (bicyclic) bond motifs is 1. The Morgan fingerprint density at radius 2 is 2.00 bits per heavy atom. The average molecular weight is 331 g/mol. The van der Waals surface area contributed by atoms with E-state index in [0.29, 0.717) is 10.9 Å². The number of hydrogen-bond donors (Lipinski definition) is 0. The van der Waals surface area contributed by atoms with E-state index in [9.17, 15) is 9.59 Å². The molecule has 0 aliphatic heterocycles. The smallest absolute Gasteiger partial charge is 0.355 e. The van der Waals surface area contributed by atoms with E-state index < -0.39 is 17.7 Å². The van der Waals surface area contributed by atoms with Gasteiger partial charge in [-0.15, -0.1) is 0 Å². The van der Waals surface area contributed by atoms with Gasteiger partial charge in [0.05, 0.1) is 12.1 Å². The van der Waals surface area contributed by atoms with Crippen LogP contribution in [-0.2, 0) is 9.53 Å². The second-order valence-electron chi connectivity index (χ2n) is 4.39. The van der Waals surface area contributed by atoms with E-state index in [-0.39, 0.29) is 21.4 Å². The summed E-state index contributed by atoms with van der Waals surface area (Å²) in [6.45, 7) is 3.21. The molecule has 2 rings (SSSR count). The minimum atomic E-state index is -0.843. The molecule has 0 saturated carbocycles. The number of esters is 1. The first-order valence-corrected chi connectivity index (χ1v) is 6.77. The molecule has 1 aromatic carbocycles. The van der Waals surface area contributed by atoms with Crippen molar-refractivity contribution in [2.45, 2.75) is 20.0 Å². The maximum atomic E-state index is 11.6. The van der Waals surface area contributed by atoms with Crippen molar-refractivity contribution in [2.75, 3.05) is 7.11 Å². The normalized spacial score (nSPS) is 12.2. The number of hydrogen-bond acceptors (Lipinski definition) is 5. The lowest BCUT2D eigenvalue weighted by Gasteiger charge is -2.14. The third-order valence-electron chi connectivity index (χ3n) is 2.99. The van der Waals surface area contributed by atoms with Crippen LogP contribution < -0.4 is 10.4 Å². The lowest BCUT2D eigenvalue weighted by Crippen LogP contribution is -2.25. The van der Waals surface area contributed by atoms with E-state index in [1.165, 1.54) is 20.1 Å². The first kappa shape index (κ1) is 15.7. The van der Waals surface area contributed by atoms with Crippen LogP contribution in [0.5, 0.6) is 5.75 Å². The molecule has 7 heteroatoms. The van der Waals surface area contributed by atoms with Crippen LogP contribution in [0.25, 0.3) is 11.0 Å². The Bertz CT molecular complexity index is 766. The van der Waals surface area contributed by atoms with E-state index in [1.54, 1.807) is 13.0 Å². The van der Waals surface area contributed by atoms with Crippen LogP contribution in [0, 0.1) is 6.92 Å². The summed E-state index contributed by atoms with van der Waals surface area (Å²) in [6, 6.07) is 3.02. The van der Waals surface area contributed by atoms with E-state index in [0.717, 1.165) is 0 Å². The van der Waals surface area contributed by atoms with Crippen molar-refractivity contribution >= 4 is 40.1 Å². The largest absolute Gasteiger partial charge is 0.477 e. The van der Waals surface area contributed by atoms with E-state index in [4.69, 9.17) is 32.4 Å². The van der Waals surface area contributed by atoms with Crippen molar-refractivity contribution in [1.82, 2.24) is 0 Å². The maximum Gasteiger partial charge on any atom is 0.355 e. The van der Waals surface area contributed by atoms with Gasteiger partial charge in [-0.1, -0.05) is 23.2 Å². The molecule has 0 radical (unpaired) electrons. The molecule has 0 amide bonds. The Morgan fingerprint density at radius 1 is 1.33 bits per heavy atom. The van der Waals surface area contributed by atoms with Crippen molar-refractivity contribution in [3.63, 3.8) is 0 Å². The van der Waals surface area contributed by atoms with Gasteiger partial charge in [-0.2, -0.15) is 0 Å². The number of halogens is 2. The Labute approximate surface area is 130 Å². The molecular weight excluding hydrogens is 319 g/mol. The van der Waals surface area contributed by atoms with E-state index >= 15 is 0 Å². The zero-order chi connectivity index (χ0) is 15.7. The van der Waals surface area contributed by atoms with Crippen LogP contribution in [-0.4, -0.2) is 19.2 Å². The molecule has 1 unspecified atom stereocenters. The van der Waals surface area contributed by atoms with Crippen molar-refractivity contribution < 1.29 is 18.7 Å². The summed E-state index contributed by atoms with van der Waals surface area (Å²) in [5, 5.41) is 0.879. The molecule has 0 aliphatic carbocycles. The summed E-state index contributed by atoms with van der Waals surface area (Å²) in [4.78, 5) is 22.9. The quantitative estimate of drug-likeness (QED) is 0.637. The third kappa shape index (κ3) is 2.99. The Kier molecular flexibility index (Phi) is 4.44. The third-order valence-corrected chi connectivity index (χ3v) is 3.72. The van der Waals surface area contributed by atoms with Gasteiger partial charge in [0.15, 0.2) is 6.10 Å². The Balaban J connectivity index is 2.53. The number of ether oxygens (including phenoxy) is 2. The molecule has 0 spiro atoms. The zero-order valence-electron chi connectivity index (χ0n) is 11.5. The summed E-state index contributed by atoms with van der Waals surface area (Å²) in [6.07, 6.45) is -0.843. The van der Waals surface area contributed by atoms with Crippen LogP contribution in [0.15, 0.2) is 21.3 Å². The van der Waals surface area contributed by atoms with Gasteiger partial charge in [-0.25, -0.2) is 9.59 Å². The molecule has 1 aromatic heterocycles. The van der Waals surface area contributed by atoms with Gasteiger partial charge in [-0.3, -0.25) is 0 Å². The molecule has 0 N–H and O–H groups in total. The summed E-state index contributed by atoms with van der Waals surface area (Å²) >= 11 is 12.0. The molecule has 112 valence electrons. The summed E-state index contributed by atoms with van der Waals surface area (Å²) in [5.41, 5.74) is 0.201. The van der Waals surface area contributed by atoms with Crippen LogP contribution in [0.2, 0.25) is 10.0 Å². The minimum Gasteiger partial charge on any atom is -0.477 e. The predicted molar refractivity (Wildman–Crippen MR) is 79.3 cm³/mol. The fourth-order valence-electron chi connectivity index (χ4n) is 1.82. The second kappa shape index (κ2) is 5.95. The molecule has 1 heterocycles. The minimum absolute atomic E-state index is 0.00941. The van der Waals surface area contributed by atoms with Gasteiger partial charge in [0.1, 0.15) is 16.4 Å². The SMILES string of the molecule is COC(=O)C(C)Oc1cc2oc(=O)c(Cl)c(C)c2cc1Cl. The highest BCUT2D eigenvalue weighted by Crippen LogP contribution is 2.33. The number of methoxy groups -OCH3 is 1. The molecule has 0 aliphatic rings. The number of carbonyl (C=O) groups excluding carboxylic acids is 1. The van der Waals surface area contributed by atoms with Crippen molar-refractivity contribution in [2.24, 2.45) is 0 Å². The maximum absolute atomic E-state index is 11.6. The Morgan fingerprint density at radius 3 is 2.62 bits per heavy atom. The van der Waals surface area contributed by atoms with E-state index in [2.05, 4.69) is 4.74 Å². The van der Waals surface area contributed by atoms with Gasteiger partial charge >= 0.3 is 11.6 Å². The molecular formula is C14H12Cl2O5. The first-order chi connectivity index (χ1) is 9.85. The first-order valence-electron chi connectivity index (χ1n) is 6.02. The number of carbonyl (C=O) groups is 1. The fourth-order valence-corrected chi connectivity index (χ4v) is 2.17. The van der Waals surface area contributed by atoms with Gasteiger partial charge in [0.2, 0.25) is 0 Å². The van der Waals surface area contributed by atoms with Gasteiger partial charge < -0.3 is 13.9 Å². The van der Waals surface area contributed by atoms with Gasteiger partial charge in [0, 0.05) is 11.5 Å². The number of rotatable bonds is 3. The summed E-state index contributed by atoms with van der Waals surface area (Å²) in [5.74, 6) is -0.327. The van der Waals surface area contributed by atoms with Crippen molar-refractivity contribution in [3.05, 3.63) is 38.2 Å². The van der Waals surface area contributed by atoms with Crippen LogP contribution >= 0.6 is 23.2 Å². The zero-order valence-corrected chi connectivity index (χ0v) is 13.0. The number of aryl methyl sites for hydroxylation is 1. The molecule has 0 bridgehead atoms. The van der Waals surface area contributed by atoms with Gasteiger partial charge in [0.25, 0.3) is 0 Å². The topological polar surface area (TPSA) is 65.7 Å². The van der Waals surface area contributed by atoms with Crippen molar-refractivity contribution in [1.29, 1.82) is 0 Å². The monoisotopic (exact) mass is 330 g/mol. The lowest BCUT2D eigenvalue weighted by atomic mass is 10.1. The highest BCUT2D eigenvalue weighted by atomic mass is 35.5. The molecule has 1 atom stereocenters. The lowest BCUT2D eigenvalue weighted by molar-refractivity contribution is -0.147. The second-order valence-corrected chi connectivity index (χ2v) is 5.18. The Hall–Kier alpha value is -1.72. The fraction of sp³-hybridized carbons (Fsp3) is 0.286. The molecule has 21 heavy (non-hydrogen) atoms. The van der Waals surface area contributed by atoms with Crippen molar-refractivity contribution in [3.8, 4) is 5.75 Å². The van der Waals surface area contributed by atoms with Gasteiger partial charge in [-0.05, 0) is 25.5 Å². The van der Waals surface area contributed by atoms with Crippen LogP contribution in [0.1, 0.15) is 12.5 Å². The standard InChI is InChI=1S/C14H12Cl2O5/c1-6-8-4-9(15)11(20-7(2)13(17)19-3)5-10(8)21-14(18)12(6)16/h4-5,7H,1-3H3.